The number of ether oxygens (including phenoxy) is 1. The zero-order chi connectivity index (χ0) is 14.1. The minimum absolute atomic E-state index is 0.186. The zero-order valence-corrected chi connectivity index (χ0v) is 11.5. The Morgan fingerprint density at radius 2 is 1.85 bits per heavy atom. The molecule has 4 heteroatoms. The number of methoxy groups -OCH3 is 1. The number of hydrogen-bond donors (Lipinski definition) is 0. The van der Waals surface area contributed by atoms with E-state index in [9.17, 15) is 4.79 Å². The van der Waals surface area contributed by atoms with Crippen LogP contribution in [0.5, 0.6) is 5.75 Å². The molecule has 3 aromatic rings. The van der Waals surface area contributed by atoms with Crippen molar-refractivity contribution in [1.82, 2.24) is 0 Å². The van der Waals surface area contributed by atoms with Crippen molar-refractivity contribution < 1.29 is 9.15 Å². The van der Waals surface area contributed by atoms with Gasteiger partial charge in [-0.05, 0) is 12.1 Å². The van der Waals surface area contributed by atoms with Gasteiger partial charge in [0.1, 0.15) is 17.1 Å². The Hall–Kier alpha value is -2.26. The zero-order valence-electron chi connectivity index (χ0n) is 10.7. The van der Waals surface area contributed by atoms with Crippen molar-refractivity contribution >= 4 is 22.6 Å². The summed E-state index contributed by atoms with van der Waals surface area (Å²) < 4.78 is 10.9. The molecule has 0 atom stereocenters. The summed E-state index contributed by atoms with van der Waals surface area (Å²) in [5.41, 5.74) is 1.11. The molecule has 0 unspecified atom stereocenters. The average molecular weight is 287 g/mol. The Kier molecular flexibility index (Phi) is 3.20. The first-order chi connectivity index (χ1) is 9.70. The lowest BCUT2D eigenvalue weighted by Crippen LogP contribution is -2.02. The molecule has 0 saturated heterocycles. The highest BCUT2D eigenvalue weighted by molar-refractivity contribution is 6.36. The molecule has 0 radical (unpaired) electrons. The van der Waals surface area contributed by atoms with Crippen LogP contribution >= 0.6 is 11.6 Å². The van der Waals surface area contributed by atoms with Crippen LogP contribution in [0.2, 0.25) is 5.02 Å². The van der Waals surface area contributed by atoms with Gasteiger partial charge >= 0.3 is 0 Å². The van der Waals surface area contributed by atoms with E-state index in [1.807, 2.05) is 30.3 Å². The van der Waals surface area contributed by atoms with Crippen LogP contribution in [-0.4, -0.2) is 7.11 Å². The van der Waals surface area contributed by atoms with Crippen molar-refractivity contribution in [2.75, 3.05) is 7.11 Å². The minimum atomic E-state index is -0.186. The van der Waals surface area contributed by atoms with Crippen LogP contribution in [0.3, 0.4) is 0 Å². The van der Waals surface area contributed by atoms with E-state index in [1.54, 1.807) is 12.1 Å². The van der Waals surface area contributed by atoms with Gasteiger partial charge in [0.25, 0.3) is 0 Å². The lowest BCUT2D eigenvalue weighted by Gasteiger charge is -2.07. The molecule has 1 heterocycles. The van der Waals surface area contributed by atoms with Crippen molar-refractivity contribution in [2.45, 2.75) is 0 Å². The Bertz CT molecular complexity index is 822. The Morgan fingerprint density at radius 3 is 2.55 bits per heavy atom. The van der Waals surface area contributed by atoms with Crippen molar-refractivity contribution in [2.24, 2.45) is 0 Å². The summed E-state index contributed by atoms with van der Waals surface area (Å²) in [7, 11) is 1.51. The molecule has 2 aromatic carbocycles. The van der Waals surface area contributed by atoms with Gasteiger partial charge in [0, 0.05) is 11.6 Å². The molecule has 0 fully saturated rings. The predicted octanol–water partition coefficient (Wildman–Crippen LogP) is 4.12. The van der Waals surface area contributed by atoms with E-state index in [2.05, 4.69) is 0 Å². The van der Waals surface area contributed by atoms with Gasteiger partial charge in [-0.15, -0.1) is 0 Å². The van der Waals surface area contributed by atoms with Gasteiger partial charge < -0.3 is 9.15 Å². The molecule has 20 heavy (non-hydrogen) atoms. The lowest BCUT2D eigenvalue weighted by molar-refractivity contribution is 0.415. The van der Waals surface area contributed by atoms with Crippen LogP contribution in [0, 0.1) is 0 Å². The summed E-state index contributed by atoms with van der Waals surface area (Å²) in [5.74, 6) is 0.975. The Labute approximate surface area is 120 Å². The minimum Gasteiger partial charge on any atom is -0.495 e. The maximum absolute atomic E-state index is 12.3. The summed E-state index contributed by atoms with van der Waals surface area (Å²) in [6.45, 7) is 0. The molecule has 0 amide bonds. The molecule has 0 aliphatic rings. The highest BCUT2D eigenvalue weighted by Gasteiger charge is 2.13. The molecule has 0 bridgehead atoms. The van der Waals surface area contributed by atoms with Gasteiger partial charge in [-0.25, -0.2) is 0 Å². The third-order valence-electron chi connectivity index (χ3n) is 3.08. The van der Waals surface area contributed by atoms with E-state index in [-0.39, 0.29) is 10.5 Å². The van der Waals surface area contributed by atoms with E-state index >= 15 is 0 Å². The van der Waals surface area contributed by atoms with E-state index < -0.39 is 0 Å². The molecule has 0 saturated carbocycles. The second-order valence-corrected chi connectivity index (χ2v) is 4.67. The standard InChI is InChI=1S/C16H11ClO3/c1-19-13-8-7-12-15(16(13)17)11(18)9-14(20-12)10-5-3-2-4-6-10/h2-9H,1H3. The van der Waals surface area contributed by atoms with Gasteiger partial charge in [0.05, 0.1) is 17.5 Å². The highest BCUT2D eigenvalue weighted by Crippen LogP contribution is 2.32. The fraction of sp³-hybridized carbons (Fsp3) is 0.0625. The third-order valence-corrected chi connectivity index (χ3v) is 3.45. The van der Waals surface area contributed by atoms with Gasteiger partial charge in [-0.1, -0.05) is 41.9 Å². The van der Waals surface area contributed by atoms with Gasteiger partial charge in [-0.2, -0.15) is 0 Å². The summed E-state index contributed by atoms with van der Waals surface area (Å²) in [6.07, 6.45) is 0. The first-order valence-electron chi connectivity index (χ1n) is 6.06. The second-order valence-electron chi connectivity index (χ2n) is 4.30. The summed E-state index contributed by atoms with van der Waals surface area (Å²) in [4.78, 5) is 12.3. The summed E-state index contributed by atoms with van der Waals surface area (Å²) in [5, 5.41) is 0.615. The smallest absolute Gasteiger partial charge is 0.194 e. The summed E-state index contributed by atoms with van der Waals surface area (Å²) >= 11 is 6.16. The summed E-state index contributed by atoms with van der Waals surface area (Å²) in [6, 6.07) is 14.3. The van der Waals surface area contributed by atoms with Crippen molar-refractivity contribution in [3.63, 3.8) is 0 Å². The van der Waals surface area contributed by atoms with Gasteiger partial charge in [-0.3, -0.25) is 4.79 Å². The van der Waals surface area contributed by atoms with E-state index in [0.29, 0.717) is 22.5 Å². The van der Waals surface area contributed by atoms with E-state index in [4.69, 9.17) is 20.8 Å². The van der Waals surface area contributed by atoms with Crippen molar-refractivity contribution in [3.05, 3.63) is 63.8 Å². The van der Waals surface area contributed by atoms with Crippen LogP contribution in [0.1, 0.15) is 0 Å². The first-order valence-corrected chi connectivity index (χ1v) is 6.44. The lowest BCUT2D eigenvalue weighted by atomic mass is 10.1. The largest absolute Gasteiger partial charge is 0.495 e. The molecule has 3 rings (SSSR count). The van der Waals surface area contributed by atoms with Crippen LogP contribution in [-0.2, 0) is 0 Å². The van der Waals surface area contributed by atoms with E-state index in [1.165, 1.54) is 13.2 Å². The second kappa shape index (κ2) is 5.02. The number of benzene rings is 2. The van der Waals surface area contributed by atoms with Crippen LogP contribution in [0.25, 0.3) is 22.3 Å². The maximum atomic E-state index is 12.3. The van der Waals surface area contributed by atoms with Crippen LogP contribution < -0.4 is 10.2 Å². The highest BCUT2D eigenvalue weighted by atomic mass is 35.5. The van der Waals surface area contributed by atoms with Crippen molar-refractivity contribution in [1.29, 1.82) is 0 Å². The molecule has 0 spiro atoms. The molecular formula is C16H11ClO3. The molecule has 0 aliphatic carbocycles. The monoisotopic (exact) mass is 286 g/mol. The van der Waals surface area contributed by atoms with Crippen LogP contribution in [0.4, 0.5) is 0 Å². The third kappa shape index (κ3) is 2.06. The molecule has 0 aliphatic heterocycles. The SMILES string of the molecule is COc1ccc2oc(-c3ccccc3)cc(=O)c2c1Cl. The molecule has 1 aromatic heterocycles. The molecule has 100 valence electrons. The van der Waals surface area contributed by atoms with Gasteiger partial charge in [0.15, 0.2) is 5.43 Å². The molecular weight excluding hydrogens is 276 g/mol. The Balaban J connectivity index is 2.29. The van der Waals surface area contributed by atoms with E-state index in [0.717, 1.165) is 5.56 Å². The van der Waals surface area contributed by atoms with Crippen LogP contribution in [0.15, 0.2) is 57.7 Å². The number of hydrogen-bond acceptors (Lipinski definition) is 3. The quantitative estimate of drug-likeness (QED) is 0.711. The fourth-order valence-corrected chi connectivity index (χ4v) is 2.42. The molecule has 0 N–H and O–H groups in total. The maximum Gasteiger partial charge on any atom is 0.194 e. The molecule has 3 nitrogen and oxygen atoms in total. The fourth-order valence-electron chi connectivity index (χ4n) is 2.10. The number of rotatable bonds is 2. The predicted molar refractivity (Wildman–Crippen MR) is 79.5 cm³/mol. The number of fused-ring (bicyclic) bond motifs is 1. The normalized spacial score (nSPS) is 10.7. The average Bonchev–Trinajstić information content (AvgIpc) is 2.48. The Morgan fingerprint density at radius 1 is 1.10 bits per heavy atom. The first kappa shape index (κ1) is 12.8. The van der Waals surface area contributed by atoms with Gasteiger partial charge in [0.2, 0.25) is 0 Å². The topological polar surface area (TPSA) is 39.4 Å². The number of halogens is 1. The van der Waals surface area contributed by atoms with Crippen molar-refractivity contribution in [3.8, 4) is 17.1 Å².